The number of aryl methyl sites for hydroxylation is 1. The molecule has 4 rings (SSSR count). The highest BCUT2D eigenvalue weighted by Gasteiger charge is 2.55. The Hall–Kier alpha value is -1.06. The van der Waals surface area contributed by atoms with Crippen molar-refractivity contribution in [3.63, 3.8) is 0 Å². The van der Waals surface area contributed by atoms with E-state index >= 15 is 0 Å². The molecule has 1 aromatic rings. The topological polar surface area (TPSA) is 40.5 Å². The van der Waals surface area contributed by atoms with Crippen LogP contribution in [0.1, 0.15) is 24.5 Å². The standard InChI is InChI=1S/C18H19BrO2/c1-2-9-5-6-12(19)8-13(9)16-17(20)14-10-3-4-11(7-10)15(14)18(16)21/h3-6,8,10-11,14-15,17,20-21H,2,7H2,1H3/t10-,11+,14-,15+,17?/m1/s1. The Kier molecular flexibility index (Phi) is 3.05. The fourth-order valence-electron chi connectivity index (χ4n) is 4.60. The van der Waals surface area contributed by atoms with Crippen LogP contribution in [-0.4, -0.2) is 16.3 Å². The van der Waals surface area contributed by atoms with Gasteiger partial charge in [-0.2, -0.15) is 0 Å². The molecule has 1 saturated carbocycles. The molecule has 5 atom stereocenters. The lowest BCUT2D eigenvalue weighted by molar-refractivity contribution is 0.130. The molecule has 0 radical (unpaired) electrons. The quantitative estimate of drug-likeness (QED) is 0.791. The van der Waals surface area contributed by atoms with Gasteiger partial charge in [-0.3, -0.25) is 0 Å². The third-order valence-electron chi connectivity index (χ3n) is 5.52. The van der Waals surface area contributed by atoms with Crippen LogP contribution in [-0.2, 0) is 6.42 Å². The van der Waals surface area contributed by atoms with Crippen LogP contribution in [0.3, 0.4) is 0 Å². The van der Waals surface area contributed by atoms with Crippen LogP contribution >= 0.6 is 15.9 Å². The van der Waals surface area contributed by atoms with Crippen molar-refractivity contribution in [1.82, 2.24) is 0 Å². The van der Waals surface area contributed by atoms with E-state index in [1.54, 1.807) is 0 Å². The smallest absolute Gasteiger partial charge is 0.103 e. The van der Waals surface area contributed by atoms with Gasteiger partial charge in [0.1, 0.15) is 5.76 Å². The van der Waals surface area contributed by atoms with Crippen molar-refractivity contribution in [2.45, 2.75) is 25.9 Å². The zero-order valence-electron chi connectivity index (χ0n) is 12.0. The second kappa shape index (κ2) is 4.72. The molecule has 0 aromatic heterocycles. The molecule has 0 aliphatic heterocycles. The maximum atomic E-state index is 10.8. The summed E-state index contributed by atoms with van der Waals surface area (Å²) in [6.45, 7) is 2.11. The molecule has 0 heterocycles. The summed E-state index contributed by atoms with van der Waals surface area (Å²) in [6, 6.07) is 6.13. The first-order valence-corrected chi connectivity index (χ1v) is 8.49. The monoisotopic (exact) mass is 346 g/mol. The summed E-state index contributed by atoms with van der Waals surface area (Å²) in [7, 11) is 0. The molecule has 1 unspecified atom stereocenters. The Labute approximate surface area is 133 Å². The van der Waals surface area contributed by atoms with Crippen molar-refractivity contribution in [3.05, 3.63) is 51.7 Å². The molecule has 2 N–H and O–H groups in total. The number of rotatable bonds is 2. The molecule has 0 amide bonds. The van der Waals surface area contributed by atoms with Gasteiger partial charge in [0.05, 0.1) is 6.10 Å². The van der Waals surface area contributed by atoms with Gasteiger partial charge in [0.15, 0.2) is 0 Å². The molecule has 3 aliphatic rings. The summed E-state index contributed by atoms with van der Waals surface area (Å²) in [5, 5.41) is 21.6. The summed E-state index contributed by atoms with van der Waals surface area (Å²) in [5.41, 5.74) is 2.95. The Bertz CT molecular complexity index is 661. The fraction of sp³-hybridized carbons (Fsp3) is 0.444. The number of fused-ring (bicyclic) bond motifs is 5. The van der Waals surface area contributed by atoms with Crippen LogP contribution in [0.25, 0.3) is 5.57 Å². The molecule has 1 fully saturated rings. The minimum Gasteiger partial charge on any atom is -0.512 e. The van der Waals surface area contributed by atoms with Crippen molar-refractivity contribution in [2.75, 3.05) is 0 Å². The van der Waals surface area contributed by atoms with Crippen LogP contribution in [0.5, 0.6) is 0 Å². The Balaban J connectivity index is 1.84. The Morgan fingerprint density at radius 3 is 2.71 bits per heavy atom. The van der Waals surface area contributed by atoms with Crippen molar-refractivity contribution in [2.24, 2.45) is 23.7 Å². The van der Waals surface area contributed by atoms with Crippen LogP contribution in [0.15, 0.2) is 40.6 Å². The molecule has 0 saturated heterocycles. The lowest BCUT2D eigenvalue weighted by Gasteiger charge is -2.24. The number of hydrogen-bond acceptors (Lipinski definition) is 2. The Morgan fingerprint density at radius 1 is 1.24 bits per heavy atom. The highest BCUT2D eigenvalue weighted by molar-refractivity contribution is 9.10. The van der Waals surface area contributed by atoms with Crippen LogP contribution in [0.4, 0.5) is 0 Å². The predicted octanol–water partition coefficient (Wildman–Crippen LogP) is 4.09. The highest BCUT2D eigenvalue weighted by Crippen LogP contribution is 2.58. The van der Waals surface area contributed by atoms with Gasteiger partial charge in [0.25, 0.3) is 0 Å². The highest BCUT2D eigenvalue weighted by atomic mass is 79.9. The molecular formula is C18H19BrO2. The van der Waals surface area contributed by atoms with E-state index < -0.39 is 6.10 Å². The molecule has 2 nitrogen and oxygen atoms in total. The average molecular weight is 347 g/mol. The molecule has 110 valence electrons. The third-order valence-corrected chi connectivity index (χ3v) is 6.01. The minimum absolute atomic E-state index is 0.119. The van der Waals surface area contributed by atoms with Crippen LogP contribution in [0.2, 0.25) is 0 Å². The van der Waals surface area contributed by atoms with Gasteiger partial charge in [0.2, 0.25) is 0 Å². The number of hydrogen-bond donors (Lipinski definition) is 2. The van der Waals surface area contributed by atoms with Gasteiger partial charge >= 0.3 is 0 Å². The average Bonchev–Trinajstić information content (AvgIpc) is 3.13. The summed E-state index contributed by atoms with van der Waals surface area (Å²) >= 11 is 3.51. The van der Waals surface area contributed by atoms with E-state index in [0.29, 0.717) is 17.6 Å². The van der Waals surface area contributed by atoms with E-state index in [0.717, 1.165) is 28.5 Å². The SMILES string of the molecule is CCc1ccc(Br)cc1C1=C(O)[C@@H]2[C@H](C1O)[C@@H]1C=C[C@H]2C1. The first-order valence-electron chi connectivity index (χ1n) is 7.70. The zero-order valence-corrected chi connectivity index (χ0v) is 13.5. The number of benzene rings is 1. The van der Waals surface area contributed by atoms with E-state index in [1.165, 1.54) is 5.56 Å². The number of allylic oxidation sites excluding steroid dienone is 3. The molecule has 21 heavy (non-hydrogen) atoms. The first kappa shape index (κ1) is 13.6. The van der Waals surface area contributed by atoms with E-state index in [1.807, 2.05) is 12.1 Å². The fourth-order valence-corrected chi connectivity index (χ4v) is 4.97. The summed E-state index contributed by atoms with van der Waals surface area (Å²) in [6.07, 6.45) is 5.89. The molecule has 2 bridgehead atoms. The van der Waals surface area contributed by atoms with E-state index in [2.05, 4.69) is 41.1 Å². The summed E-state index contributed by atoms with van der Waals surface area (Å²) < 4.78 is 0.986. The normalized spacial score (nSPS) is 36.6. The van der Waals surface area contributed by atoms with Gasteiger partial charge in [-0.05, 0) is 47.9 Å². The van der Waals surface area contributed by atoms with Gasteiger partial charge in [0, 0.05) is 21.9 Å². The van der Waals surface area contributed by atoms with Crippen molar-refractivity contribution in [1.29, 1.82) is 0 Å². The maximum Gasteiger partial charge on any atom is 0.103 e. The van der Waals surface area contributed by atoms with E-state index in [4.69, 9.17) is 0 Å². The largest absolute Gasteiger partial charge is 0.512 e. The molecule has 0 spiro atoms. The van der Waals surface area contributed by atoms with Crippen molar-refractivity contribution < 1.29 is 10.2 Å². The molecule has 3 heteroatoms. The molecular weight excluding hydrogens is 328 g/mol. The Morgan fingerprint density at radius 2 is 2.00 bits per heavy atom. The van der Waals surface area contributed by atoms with Crippen LogP contribution < -0.4 is 0 Å². The lowest BCUT2D eigenvalue weighted by Crippen LogP contribution is -2.26. The van der Waals surface area contributed by atoms with Crippen molar-refractivity contribution in [3.8, 4) is 0 Å². The maximum absolute atomic E-state index is 10.8. The first-order chi connectivity index (χ1) is 10.1. The lowest BCUT2D eigenvalue weighted by atomic mass is 9.83. The van der Waals surface area contributed by atoms with E-state index in [9.17, 15) is 10.2 Å². The second-order valence-corrected chi connectivity index (χ2v) is 7.37. The summed E-state index contributed by atoms with van der Waals surface area (Å²) in [4.78, 5) is 0. The van der Waals surface area contributed by atoms with E-state index in [-0.39, 0.29) is 11.8 Å². The second-order valence-electron chi connectivity index (χ2n) is 6.45. The predicted molar refractivity (Wildman–Crippen MR) is 86.8 cm³/mol. The molecule has 1 aromatic carbocycles. The number of halogens is 1. The molecule has 3 aliphatic carbocycles. The zero-order chi connectivity index (χ0) is 14.7. The number of aliphatic hydroxyl groups excluding tert-OH is 2. The van der Waals surface area contributed by atoms with Crippen molar-refractivity contribution >= 4 is 21.5 Å². The van der Waals surface area contributed by atoms with Gasteiger partial charge in [-0.1, -0.05) is 41.1 Å². The van der Waals surface area contributed by atoms with Gasteiger partial charge in [-0.25, -0.2) is 0 Å². The number of aliphatic hydroxyl groups is 2. The van der Waals surface area contributed by atoms with Gasteiger partial charge < -0.3 is 10.2 Å². The minimum atomic E-state index is -0.547. The third kappa shape index (κ3) is 1.80. The van der Waals surface area contributed by atoms with Crippen LogP contribution in [0, 0.1) is 23.7 Å². The van der Waals surface area contributed by atoms with Gasteiger partial charge in [-0.15, -0.1) is 0 Å². The summed E-state index contributed by atoms with van der Waals surface area (Å²) in [5.74, 6) is 1.54.